The van der Waals surface area contributed by atoms with Gasteiger partial charge < -0.3 is 13.4 Å². The zero-order valence-corrected chi connectivity index (χ0v) is 22.6. The highest BCUT2D eigenvalue weighted by Crippen LogP contribution is 2.46. The van der Waals surface area contributed by atoms with Gasteiger partial charge in [0, 0.05) is 32.3 Å². The van der Waals surface area contributed by atoms with Gasteiger partial charge in [0.05, 0.1) is 34.9 Å². The lowest BCUT2D eigenvalue weighted by Gasteiger charge is -2.09. The second kappa shape index (κ2) is 8.60. The van der Waals surface area contributed by atoms with Crippen LogP contribution in [0.1, 0.15) is 5.56 Å². The Morgan fingerprint density at radius 2 is 1.35 bits per heavy atom. The third kappa shape index (κ3) is 3.14. The van der Waals surface area contributed by atoms with Crippen molar-refractivity contribution in [3.63, 3.8) is 0 Å². The molecule has 3 heterocycles. The van der Waals surface area contributed by atoms with E-state index in [2.05, 4.69) is 51.9 Å². The molecule has 0 aliphatic carbocycles. The molecule has 3 aromatic heterocycles. The van der Waals surface area contributed by atoms with Crippen LogP contribution in [0.25, 0.3) is 87.3 Å². The second-order valence-corrected chi connectivity index (χ2v) is 10.7. The van der Waals surface area contributed by atoms with E-state index in [9.17, 15) is 5.26 Å². The van der Waals surface area contributed by atoms with Crippen LogP contribution in [-0.2, 0) is 0 Å². The van der Waals surface area contributed by atoms with Gasteiger partial charge in [0.1, 0.15) is 16.7 Å². The molecule has 9 rings (SSSR count). The van der Waals surface area contributed by atoms with Gasteiger partial charge in [-0.1, -0.05) is 72.8 Å². The van der Waals surface area contributed by atoms with Crippen LogP contribution in [-0.4, -0.2) is 4.57 Å². The zero-order valence-electron chi connectivity index (χ0n) is 22.6. The molecule has 198 valence electrons. The van der Waals surface area contributed by atoms with E-state index in [-0.39, 0.29) is 0 Å². The van der Waals surface area contributed by atoms with Crippen LogP contribution in [0, 0.1) is 17.9 Å². The third-order valence-electron chi connectivity index (χ3n) is 8.46. The molecule has 0 aliphatic heterocycles. The first-order valence-electron chi connectivity index (χ1n) is 13.9. The van der Waals surface area contributed by atoms with Crippen molar-refractivity contribution in [2.45, 2.75) is 0 Å². The van der Waals surface area contributed by atoms with Gasteiger partial charge in [-0.15, -0.1) is 0 Å². The van der Waals surface area contributed by atoms with Crippen LogP contribution < -0.4 is 0 Å². The quantitative estimate of drug-likeness (QED) is 0.202. The van der Waals surface area contributed by atoms with Crippen LogP contribution in [0.4, 0.5) is 5.69 Å². The number of fused-ring (bicyclic) bond motifs is 9. The molecule has 0 aliphatic rings. The Kier molecular flexibility index (Phi) is 4.68. The molecule has 0 saturated carbocycles. The van der Waals surface area contributed by atoms with E-state index >= 15 is 0 Å². The first-order chi connectivity index (χ1) is 21.2. The Morgan fingerprint density at radius 3 is 2.23 bits per heavy atom. The lowest BCUT2D eigenvalue weighted by atomic mass is 9.95. The number of benzene rings is 6. The molecule has 0 N–H and O–H groups in total. The Balaban J connectivity index is 1.42. The van der Waals surface area contributed by atoms with Gasteiger partial charge in [-0.3, -0.25) is 0 Å². The van der Waals surface area contributed by atoms with E-state index in [0.29, 0.717) is 22.4 Å². The fraction of sp³-hybridized carbons (Fsp3) is 0. The number of para-hydroxylation sites is 3. The largest absolute Gasteiger partial charge is 0.465 e. The average Bonchev–Trinajstić information content (AvgIpc) is 3.74. The van der Waals surface area contributed by atoms with E-state index in [1.165, 1.54) is 0 Å². The Hall–Kier alpha value is -6.30. The molecule has 0 bridgehead atoms. The summed E-state index contributed by atoms with van der Waals surface area (Å²) < 4.78 is 15.1. The Bertz CT molecular complexity index is 2710. The van der Waals surface area contributed by atoms with E-state index in [0.717, 1.165) is 71.3 Å². The highest BCUT2D eigenvalue weighted by Gasteiger charge is 2.22. The van der Waals surface area contributed by atoms with Crippen LogP contribution in [0.5, 0.6) is 0 Å². The van der Waals surface area contributed by atoms with Crippen molar-refractivity contribution in [1.82, 2.24) is 4.57 Å². The molecule has 0 saturated heterocycles. The predicted octanol–water partition coefficient (Wildman–Crippen LogP) is 10.7. The molecule has 9 aromatic rings. The predicted molar refractivity (Wildman–Crippen MR) is 172 cm³/mol. The zero-order chi connectivity index (χ0) is 28.7. The van der Waals surface area contributed by atoms with Crippen molar-refractivity contribution in [1.29, 1.82) is 5.26 Å². The summed E-state index contributed by atoms with van der Waals surface area (Å²) in [5.74, 6) is 0. The summed E-state index contributed by atoms with van der Waals surface area (Å²) in [5, 5.41) is 15.6. The number of nitriles is 1. The number of furan rings is 2. The lowest BCUT2D eigenvalue weighted by Crippen LogP contribution is -1.94. The number of hydrogen-bond donors (Lipinski definition) is 0. The maximum atomic E-state index is 9.59. The average molecular weight is 550 g/mol. The summed E-state index contributed by atoms with van der Waals surface area (Å²) in [6, 6.07) is 40.5. The van der Waals surface area contributed by atoms with Gasteiger partial charge in [-0.2, -0.15) is 5.26 Å². The summed E-state index contributed by atoms with van der Waals surface area (Å²) >= 11 is 0. The summed E-state index contributed by atoms with van der Waals surface area (Å²) in [5.41, 5.74) is 8.87. The molecule has 0 radical (unpaired) electrons. The molecule has 0 unspecified atom stereocenters. The molecule has 43 heavy (non-hydrogen) atoms. The molecule has 0 fully saturated rings. The normalized spacial score (nSPS) is 11.7. The molecule has 0 atom stereocenters. The van der Waals surface area contributed by atoms with Crippen molar-refractivity contribution in [3.05, 3.63) is 132 Å². The Labute approximate surface area is 244 Å². The topological polar surface area (TPSA) is 59.4 Å². The van der Waals surface area contributed by atoms with Gasteiger partial charge in [-0.25, -0.2) is 4.85 Å². The van der Waals surface area contributed by atoms with Crippen LogP contribution in [0.3, 0.4) is 0 Å². The second-order valence-electron chi connectivity index (χ2n) is 10.7. The van der Waals surface area contributed by atoms with E-state index in [4.69, 9.17) is 15.4 Å². The first kappa shape index (κ1) is 23.4. The summed E-state index contributed by atoms with van der Waals surface area (Å²) in [7, 11) is 0. The molecular formula is C38H19N3O2. The van der Waals surface area contributed by atoms with Gasteiger partial charge in [-0.05, 0) is 53.6 Å². The van der Waals surface area contributed by atoms with Crippen molar-refractivity contribution in [2.24, 2.45) is 0 Å². The smallest absolute Gasteiger partial charge is 0.229 e. The van der Waals surface area contributed by atoms with Crippen LogP contribution >= 0.6 is 0 Å². The monoisotopic (exact) mass is 549 g/mol. The van der Waals surface area contributed by atoms with Crippen LogP contribution in [0.15, 0.2) is 124 Å². The lowest BCUT2D eigenvalue weighted by molar-refractivity contribution is 0.668. The summed E-state index contributed by atoms with van der Waals surface area (Å²) in [4.78, 5) is 3.84. The molecular weight excluding hydrogens is 530 g/mol. The minimum atomic E-state index is 0.464. The number of hydrogen-bond acceptors (Lipinski definition) is 3. The highest BCUT2D eigenvalue weighted by molar-refractivity contribution is 6.22. The maximum Gasteiger partial charge on any atom is 0.229 e. The summed E-state index contributed by atoms with van der Waals surface area (Å²) in [6.07, 6.45) is 0. The standard InChI is InChI=1S/C38H19N3O2/c1-40-29-18-17-25(24-10-7-15-34-35(24)26-9-3-5-14-33(26)42-34)36-27-11-6-13-32(37(27)43-38(29)36)41-30-12-4-2-8-23(30)28-20-22(21-39)16-19-31(28)41/h2-20H. The minimum absolute atomic E-state index is 0.464. The third-order valence-corrected chi connectivity index (χ3v) is 8.46. The maximum absolute atomic E-state index is 9.59. The SMILES string of the molecule is [C-]#[N+]c1ccc(-c2cccc3oc4ccccc4c23)c2c1oc1c(-n3c4ccccc4c4cc(C#N)ccc43)cccc12. The number of nitrogens with zero attached hydrogens (tertiary/aromatic N) is 3. The van der Waals surface area contributed by atoms with Gasteiger partial charge in [0.15, 0.2) is 5.58 Å². The van der Waals surface area contributed by atoms with Crippen LogP contribution in [0.2, 0.25) is 0 Å². The molecule has 0 amide bonds. The molecule has 5 nitrogen and oxygen atoms in total. The van der Waals surface area contributed by atoms with Crippen molar-refractivity contribution >= 4 is 71.4 Å². The van der Waals surface area contributed by atoms with E-state index in [1.807, 2.05) is 78.9 Å². The van der Waals surface area contributed by atoms with Gasteiger partial charge >= 0.3 is 0 Å². The number of aromatic nitrogens is 1. The van der Waals surface area contributed by atoms with Crippen molar-refractivity contribution in [2.75, 3.05) is 0 Å². The van der Waals surface area contributed by atoms with Gasteiger partial charge in [0.25, 0.3) is 0 Å². The Morgan fingerprint density at radius 1 is 0.605 bits per heavy atom. The van der Waals surface area contributed by atoms with E-state index in [1.54, 1.807) is 0 Å². The summed E-state index contributed by atoms with van der Waals surface area (Å²) in [6.45, 7) is 7.95. The molecule has 5 heteroatoms. The first-order valence-corrected chi connectivity index (χ1v) is 13.9. The van der Waals surface area contributed by atoms with Crippen molar-refractivity contribution in [3.8, 4) is 22.9 Å². The van der Waals surface area contributed by atoms with Gasteiger partial charge in [0.2, 0.25) is 5.69 Å². The fourth-order valence-electron chi connectivity index (χ4n) is 6.66. The number of rotatable bonds is 2. The van der Waals surface area contributed by atoms with E-state index < -0.39 is 0 Å². The highest BCUT2D eigenvalue weighted by atomic mass is 16.3. The minimum Gasteiger partial charge on any atom is -0.465 e. The molecule has 6 aromatic carbocycles. The van der Waals surface area contributed by atoms with Crippen molar-refractivity contribution < 1.29 is 8.83 Å². The fourth-order valence-corrected chi connectivity index (χ4v) is 6.66. The molecule has 0 spiro atoms.